The quantitative estimate of drug-likeness (QED) is 0.571. The third-order valence-corrected chi connectivity index (χ3v) is 2.53. The molecule has 0 saturated carbocycles. The molecule has 0 heterocycles. The molecule has 0 aliphatic heterocycles. The van der Waals surface area contributed by atoms with Gasteiger partial charge >= 0.3 is 0 Å². The molecule has 2 unspecified atom stereocenters. The van der Waals surface area contributed by atoms with Gasteiger partial charge in [0.25, 0.3) is 0 Å². The van der Waals surface area contributed by atoms with Gasteiger partial charge in [-0.05, 0) is 38.6 Å². The van der Waals surface area contributed by atoms with E-state index in [9.17, 15) is 0 Å². The highest BCUT2D eigenvalue weighted by molar-refractivity contribution is 4.64. The Morgan fingerprint density at radius 1 is 1.23 bits per heavy atom. The van der Waals surface area contributed by atoms with E-state index in [-0.39, 0.29) is 0 Å². The molecule has 0 saturated heterocycles. The van der Waals surface area contributed by atoms with Crippen molar-refractivity contribution < 1.29 is 5.11 Å². The second-order valence-corrected chi connectivity index (χ2v) is 4.04. The molecule has 0 aromatic heterocycles. The van der Waals surface area contributed by atoms with E-state index in [0.717, 1.165) is 25.3 Å². The van der Waals surface area contributed by atoms with Gasteiger partial charge < -0.3 is 10.4 Å². The molecule has 0 radical (unpaired) electrons. The molecule has 2 atom stereocenters. The first-order valence-corrected chi connectivity index (χ1v) is 5.55. The average Bonchev–Trinajstić information content (AvgIpc) is 2.12. The van der Waals surface area contributed by atoms with Gasteiger partial charge in [0.2, 0.25) is 0 Å². The Labute approximate surface area is 82.7 Å². The number of hydrogen-bond donors (Lipinski definition) is 2. The van der Waals surface area contributed by atoms with Crippen LogP contribution in [-0.2, 0) is 0 Å². The van der Waals surface area contributed by atoms with Gasteiger partial charge in [-0.3, -0.25) is 0 Å². The molecule has 2 N–H and O–H groups in total. The zero-order valence-electron chi connectivity index (χ0n) is 9.34. The van der Waals surface area contributed by atoms with Gasteiger partial charge in [-0.25, -0.2) is 0 Å². The highest BCUT2D eigenvalue weighted by Crippen LogP contribution is 2.09. The molecule has 0 aromatic rings. The van der Waals surface area contributed by atoms with Crippen molar-refractivity contribution in [2.75, 3.05) is 13.2 Å². The summed E-state index contributed by atoms with van der Waals surface area (Å²) in [6, 6.07) is 0.619. The summed E-state index contributed by atoms with van der Waals surface area (Å²) in [7, 11) is 0. The first-order valence-electron chi connectivity index (χ1n) is 5.55. The lowest BCUT2D eigenvalue weighted by molar-refractivity contribution is 0.281. The number of hydrogen-bond acceptors (Lipinski definition) is 2. The molecule has 13 heavy (non-hydrogen) atoms. The molecule has 0 aliphatic carbocycles. The maximum absolute atomic E-state index is 8.59. The van der Waals surface area contributed by atoms with Crippen molar-refractivity contribution in [2.45, 2.75) is 52.5 Å². The Kier molecular flexibility index (Phi) is 8.46. The van der Waals surface area contributed by atoms with Crippen molar-refractivity contribution >= 4 is 0 Å². The maximum Gasteiger partial charge on any atom is 0.0431 e. The van der Waals surface area contributed by atoms with Crippen LogP contribution >= 0.6 is 0 Å². The summed E-state index contributed by atoms with van der Waals surface area (Å²) in [6.07, 6.45) is 4.53. The second-order valence-electron chi connectivity index (χ2n) is 4.04. The van der Waals surface area contributed by atoms with Crippen molar-refractivity contribution in [2.24, 2.45) is 5.92 Å². The molecule has 0 bridgehead atoms. The van der Waals surface area contributed by atoms with Crippen LogP contribution in [0, 0.1) is 5.92 Å². The van der Waals surface area contributed by atoms with Crippen LogP contribution < -0.4 is 5.32 Å². The highest BCUT2D eigenvalue weighted by atomic mass is 16.2. The van der Waals surface area contributed by atoms with Gasteiger partial charge in [0.1, 0.15) is 0 Å². The van der Waals surface area contributed by atoms with Gasteiger partial charge in [0.15, 0.2) is 0 Å². The van der Waals surface area contributed by atoms with Gasteiger partial charge in [0, 0.05) is 12.6 Å². The maximum atomic E-state index is 8.59. The Bertz CT molecular complexity index is 106. The minimum absolute atomic E-state index is 0.321. The number of aliphatic hydroxyl groups excluding tert-OH is 1. The predicted octanol–water partition coefficient (Wildman–Crippen LogP) is 2.17. The zero-order chi connectivity index (χ0) is 10.1. The van der Waals surface area contributed by atoms with E-state index in [1.165, 1.54) is 12.8 Å². The van der Waals surface area contributed by atoms with E-state index < -0.39 is 0 Å². The summed E-state index contributed by atoms with van der Waals surface area (Å²) >= 11 is 0. The third kappa shape index (κ3) is 8.26. The molecule has 0 aromatic carbocycles. The fourth-order valence-electron chi connectivity index (χ4n) is 1.44. The third-order valence-electron chi connectivity index (χ3n) is 2.53. The number of rotatable bonds is 8. The zero-order valence-corrected chi connectivity index (χ0v) is 9.34. The summed E-state index contributed by atoms with van der Waals surface area (Å²) < 4.78 is 0. The number of aliphatic hydroxyl groups is 1. The second kappa shape index (κ2) is 8.52. The Morgan fingerprint density at radius 2 is 1.92 bits per heavy atom. The van der Waals surface area contributed by atoms with E-state index in [2.05, 4.69) is 26.1 Å². The van der Waals surface area contributed by atoms with E-state index in [0.29, 0.717) is 12.6 Å². The van der Waals surface area contributed by atoms with Crippen molar-refractivity contribution in [1.29, 1.82) is 0 Å². The summed E-state index contributed by atoms with van der Waals surface area (Å²) in [5.41, 5.74) is 0. The highest BCUT2D eigenvalue weighted by Gasteiger charge is 2.05. The molecule has 0 spiro atoms. The van der Waals surface area contributed by atoms with E-state index in [1.807, 2.05) is 0 Å². The van der Waals surface area contributed by atoms with Gasteiger partial charge in [-0.1, -0.05) is 20.3 Å². The fraction of sp³-hybridized carbons (Fsp3) is 1.00. The Morgan fingerprint density at radius 3 is 2.46 bits per heavy atom. The molecule has 0 amide bonds. The van der Waals surface area contributed by atoms with Crippen LogP contribution in [-0.4, -0.2) is 24.3 Å². The average molecular weight is 187 g/mol. The lowest BCUT2D eigenvalue weighted by Gasteiger charge is -2.17. The monoisotopic (exact) mass is 187 g/mol. The van der Waals surface area contributed by atoms with E-state index >= 15 is 0 Å². The van der Waals surface area contributed by atoms with Crippen LogP contribution in [0.4, 0.5) is 0 Å². The summed E-state index contributed by atoms with van der Waals surface area (Å²) in [5, 5.41) is 12.1. The SMILES string of the molecule is CCC(C)CC(C)NCCCCO. The first kappa shape index (κ1) is 12.9. The predicted molar refractivity (Wildman–Crippen MR) is 57.9 cm³/mol. The minimum atomic E-state index is 0.321. The van der Waals surface area contributed by atoms with Crippen LogP contribution in [0.25, 0.3) is 0 Å². The number of nitrogens with one attached hydrogen (secondary N) is 1. The van der Waals surface area contributed by atoms with Crippen LogP contribution in [0.15, 0.2) is 0 Å². The largest absolute Gasteiger partial charge is 0.396 e. The van der Waals surface area contributed by atoms with Crippen LogP contribution in [0.5, 0.6) is 0 Å². The van der Waals surface area contributed by atoms with Crippen molar-refractivity contribution in [3.8, 4) is 0 Å². The lowest BCUT2D eigenvalue weighted by Crippen LogP contribution is -2.28. The smallest absolute Gasteiger partial charge is 0.0431 e. The minimum Gasteiger partial charge on any atom is -0.396 e. The van der Waals surface area contributed by atoms with Crippen molar-refractivity contribution in [3.63, 3.8) is 0 Å². The molecule has 0 aliphatic rings. The Balaban J connectivity index is 3.24. The van der Waals surface area contributed by atoms with Gasteiger partial charge in [-0.2, -0.15) is 0 Å². The fourth-order valence-corrected chi connectivity index (χ4v) is 1.44. The van der Waals surface area contributed by atoms with E-state index in [4.69, 9.17) is 5.11 Å². The molecule has 0 fully saturated rings. The van der Waals surface area contributed by atoms with E-state index in [1.54, 1.807) is 0 Å². The van der Waals surface area contributed by atoms with Crippen molar-refractivity contribution in [3.05, 3.63) is 0 Å². The molecule has 2 heteroatoms. The molecular formula is C11H25NO. The summed E-state index contributed by atoms with van der Waals surface area (Å²) in [5.74, 6) is 0.820. The molecular weight excluding hydrogens is 162 g/mol. The summed E-state index contributed by atoms with van der Waals surface area (Å²) in [4.78, 5) is 0. The van der Waals surface area contributed by atoms with Crippen LogP contribution in [0.3, 0.4) is 0 Å². The van der Waals surface area contributed by atoms with Gasteiger partial charge in [0.05, 0.1) is 0 Å². The standard InChI is InChI=1S/C11H25NO/c1-4-10(2)9-11(3)12-7-5-6-8-13/h10-13H,4-9H2,1-3H3. The van der Waals surface area contributed by atoms with Gasteiger partial charge in [-0.15, -0.1) is 0 Å². The van der Waals surface area contributed by atoms with Crippen LogP contribution in [0.2, 0.25) is 0 Å². The first-order chi connectivity index (χ1) is 6.20. The molecule has 80 valence electrons. The lowest BCUT2D eigenvalue weighted by atomic mass is 10.0. The van der Waals surface area contributed by atoms with Crippen molar-refractivity contribution in [1.82, 2.24) is 5.32 Å². The topological polar surface area (TPSA) is 32.3 Å². The normalized spacial score (nSPS) is 15.7. The molecule has 2 nitrogen and oxygen atoms in total. The van der Waals surface area contributed by atoms with Crippen LogP contribution in [0.1, 0.15) is 46.5 Å². The Hall–Kier alpha value is -0.0800. The molecule has 0 rings (SSSR count). The summed E-state index contributed by atoms with van der Waals surface area (Å²) in [6.45, 7) is 8.14. The number of unbranched alkanes of at least 4 members (excludes halogenated alkanes) is 1.